The maximum absolute atomic E-state index is 10.4. The molecule has 1 aromatic carbocycles. The molecule has 1 heterocycles. The molecule has 2 unspecified atom stereocenters. The molecule has 4 nitrogen and oxygen atoms in total. The molecule has 2 aromatic rings. The molecule has 2 N–H and O–H groups in total. The molecule has 2 atom stereocenters. The normalized spacial score (nSPS) is 16.8. The Bertz CT molecular complexity index is 614. The van der Waals surface area contributed by atoms with Crippen molar-refractivity contribution in [2.45, 2.75) is 31.4 Å². The average molecular weight is 312 g/mol. The molecule has 3 rings (SSSR count). The van der Waals surface area contributed by atoms with Gasteiger partial charge in [-0.1, -0.05) is 18.2 Å². The summed E-state index contributed by atoms with van der Waals surface area (Å²) in [5, 5.41) is 14.0. The Kier molecular flexibility index (Phi) is 5.26. The number of rotatable bonds is 8. The van der Waals surface area contributed by atoms with Gasteiger partial charge in [-0.25, -0.2) is 0 Å². The topological polar surface area (TPSA) is 54.4 Å². The number of aliphatic hydroxyl groups is 1. The minimum atomic E-state index is -0.532. The molecule has 1 saturated carbocycles. The monoisotopic (exact) mass is 312 g/mol. The number of methoxy groups -OCH3 is 1. The largest absolute Gasteiger partial charge is 0.497 e. The van der Waals surface area contributed by atoms with Crippen LogP contribution in [0.4, 0.5) is 0 Å². The summed E-state index contributed by atoms with van der Waals surface area (Å²) in [7, 11) is 1.64. The van der Waals surface area contributed by atoms with Crippen molar-refractivity contribution in [3.63, 3.8) is 0 Å². The van der Waals surface area contributed by atoms with E-state index in [0.717, 1.165) is 23.4 Å². The number of ether oxygens (including phenoxy) is 1. The van der Waals surface area contributed by atoms with Gasteiger partial charge in [-0.3, -0.25) is 4.98 Å². The van der Waals surface area contributed by atoms with Gasteiger partial charge in [0.15, 0.2) is 0 Å². The lowest BCUT2D eigenvalue weighted by molar-refractivity contribution is 0.167. The second-order valence-corrected chi connectivity index (χ2v) is 6.17. The average Bonchev–Trinajstić information content (AvgIpc) is 3.44. The minimum Gasteiger partial charge on any atom is -0.497 e. The first-order valence-corrected chi connectivity index (χ1v) is 8.21. The molecule has 122 valence electrons. The predicted octanol–water partition coefficient (Wildman–Crippen LogP) is 2.73. The van der Waals surface area contributed by atoms with Gasteiger partial charge in [-0.15, -0.1) is 0 Å². The summed E-state index contributed by atoms with van der Waals surface area (Å²) >= 11 is 0. The molecule has 0 bridgehead atoms. The van der Waals surface area contributed by atoms with Crippen molar-refractivity contribution in [3.05, 3.63) is 59.9 Å². The smallest absolute Gasteiger partial charge is 0.119 e. The first kappa shape index (κ1) is 16.0. The van der Waals surface area contributed by atoms with Gasteiger partial charge in [0.1, 0.15) is 5.75 Å². The molecule has 0 spiro atoms. The molecule has 23 heavy (non-hydrogen) atoms. The molecule has 0 aliphatic heterocycles. The lowest BCUT2D eigenvalue weighted by Crippen LogP contribution is -2.36. The Morgan fingerprint density at radius 3 is 2.83 bits per heavy atom. The number of hydrogen-bond acceptors (Lipinski definition) is 4. The number of nitrogens with zero attached hydrogens (tertiary/aromatic N) is 1. The van der Waals surface area contributed by atoms with E-state index in [-0.39, 0.29) is 0 Å². The molecule has 0 saturated heterocycles. The summed E-state index contributed by atoms with van der Waals surface area (Å²) in [5.41, 5.74) is 1.98. The highest BCUT2D eigenvalue weighted by molar-refractivity contribution is 5.30. The van der Waals surface area contributed by atoms with Crippen molar-refractivity contribution in [3.8, 4) is 5.75 Å². The van der Waals surface area contributed by atoms with Crippen LogP contribution >= 0.6 is 0 Å². The number of benzene rings is 1. The predicted molar refractivity (Wildman–Crippen MR) is 90.4 cm³/mol. The van der Waals surface area contributed by atoms with Gasteiger partial charge < -0.3 is 15.2 Å². The molecule has 4 heteroatoms. The number of aromatic nitrogens is 1. The van der Waals surface area contributed by atoms with Gasteiger partial charge in [0, 0.05) is 30.9 Å². The zero-order chi connectivity index (χ0) is 16.1. The summed E-state index contributed by atoms with van der Waals surface area (Å²) in [6, 6.07) is 14.0. The standard InChI is InChI=1S/C19H24N2O2/c1-23-17-7-4-5-15(11-17)19(22)13-21-18(14-8-9-14)12-16-6-2-3-10-20-16/h2-7,10-11,14,18-19,21-22H,8-9,12-13H2,1H3. The summed E-state index contributed by atoms with van der Waals surface area (Å²) in [4.78, 5) is 4.42. The zero-order valence-corrected chi connectivity index (χ0v) is 13.5. The fourth-order valence-electron chi connectivity index (χ4n) is 2.88. The van der Waals surface area contributed by atoms with Crippen LogP contribution in [0.1, 0.15) is 30.2 Å². The van der Waals surface area contributed by atoms with Crippen LogP contribution in [0.25, 0.3) is 0 Å². The summed E-state index contributed by atoms with van der Waals surface area (Å²) in [5.74, 6) is 1.48. The molecule has 1 aliphatic carbocycles. The highest BCUT2D eigenvalue weighted by Crippen LogP contribution is 2.34. The Labute approximate surface area is 137 Å². The van der Waals surface area contributed by atoms with E-state index in [1.165, 1.54) is 12.8 Å². The van der Waals surface area contributed by atoms with Crippen LogP contribution in [-0.2, 0) is 6.42 Å². The molecule has 0 amide bonds. The van der Waals surface area contributed by atoms with Crippen molar-refractivity contribution in [2.75, 3.05) is 13.7 Å². The fraction of sp³-hybridized carbons (Fsp3) is 0.421. The van der Waals surface area contributed by atoms with Crippen LogP contribution in [0, 0.1) is 5.92 Å². The number of pyridine rings is 1. The molecule has 1 fully saturated rings. The van der Waals surface area contributed by atoms with E-state index in [1.54, 1.807) is 7.11 Å². The van der Waals surface area contributed by atoms with E-state index < -0.39 is 6.10 Å². The van der Waals surface area contributed by atoms with Crippen molar-refractivity contribution in [1.82, 2.24) is 10.3 Å². The molecule has 1 aromatic heterocycles. The van der Waals surface area contributed by atoms with Crippen LogP contribution < -0.4 is 10.1 Å². The quantitative estimate of drug-likeness (QED) is 0.787. The van der Waals surface area contributed by atoms with E-state index in [4.69, 9.17) is 4.74 Å². The fourth-order valence-corrected chi connectivity index (χ4v) is 2.88. The SMILES string of the molecule is COc1cccc(C(O)CNC(Cc2ccccn2)C2CC2)c1. The van der Waals surface area contributed by atoms with Gasteiger partial charge in [-0.05, 0) is 48.6 Å². The lowest BCUT2D eigenvalue weighted by Gasteiger charge is -2.21. The highest BCUT2D eigenvalue weighted by atomic mass is 16.5. The third-order valence-corrected chi connectivity index (χ3v) is 4.40. The maximum Gasteiger partial charge on any atom is 0.119 e. The first-order chi connectivity index (χ1) is 11.3. The molecule has 1 aliphatic rings. The van der Waals surface area contributed by atoms with Gasteiger partial charge in [0.05, 0.1) is 13.2 Å². The van der Waals surface area contributed by atoms with Gasteiger partial charge in [0.25, 0.3) is 0 Å². The third kappa shape index (κ3) is 4.53. The van der Waals surface area contributed by atoms with Crippen LogP contribution in [-0.4, -0.2) is 29.8 Å². The van der Waals surface area contributed by atoms with E-state index >= 15 is 0 Å². The van der Waals surface area contributed by atoms with Crippen molar-refractivity contribution >= 4 is 0 Å². The summed E-state index contributed by atoms with van der Waals surface area (Å²) in [6.07, 6.45) is 4.75. The molecule has 0 radical (unpaired) electrons. The Balaban J connectivity index is 1.58. The van der Waals surface area contributed by atoms with Crippen molar-refractivity contribution < 1.29 is 9.84 Å². The van der Waals surface area contributed by atoms with Crippen molar-refractivity contribution in [2.24, 2.45) is 5.92 Å². The Hall–Kier alpha value is -1.91. The number of hydrogen-bond donors (Lipinski definition) is 2. The van der Waals surface area contributed by atoms with E-state index in [2.05, 4.69) is 16.4 Å². The second kappa shape index (κ2) is 7.57. The maximum atomic E-state index is 10.4. The second-order valence-electron chi connectivity index (χ2n) is 6.17. The molecular weight excluding hydrogens is 288 g/mol. The Morgan fingerprint density at radius 1 is 1.26 bits per heavy atom. The number of nitrogens with one attached hydrogen (secondary N) is 1. The number of aliphatic hydroxyl groups excluding tert-OH is 1. The van der Waals surface area contributed by atoms with Crippen molar-refractivity contribution in [1.29, 1.82) is 0 Å². The zero-order valence-electron chi connectivity index (χ0n) is 13.5. The first-order valence-electron chi connectivity index (χ1n) is 8.21. The van der Waals surface area contributed by atoms with Crippen LogP contribution in [0.3, 0.4) is 0 Å². The highest BCUT2D eigenvalue weighted by Gasteiger charge is 2.31. The van der Waals surface area contributed by atoms with Crippen LogP contribution in [0.15, 0.2) is 48.7 Å². The molecular formula is C19H24N2O2. The Morgan fingerprint density at radius 2 is 2.13 bits per heavy atom. The van der Waals surface area contributed by atoms with E-state index in [0.29, 0.717) is 18.5 Å². The van der Waals surface area contributed by atoms with Crippen LogP contribution in [0.5, 0.6) is 5.75 Å². The van der Waals surface area contributed by atoms with E-state index in [1.807, 2.05) is 42.6 Å². The summed E-state index contributed by atoms with van der Waals surface area (Å²) < 4.78 is 5.22. The van der Waals surface area contributed by atoms with Gasteiger partial charge >= 0.3 is 0 Å². The third-order valence-electron chi connectivity index (χ3n) is 4.40. The lowest BCUT2D eigenvalue weighted by atomic mass is 10.0. The minimum absolute atomic E-state index is 0.380. The van der Waals surface area contributed by atoms with Gasteiger partial charge in [0.2, 0.25) is 0 Å². The summed E-state index contributed by atoms with van der Waals surface area (Å²) in [6.45, 7) is 0.543. The van der Waals surface area contributed by atoms with Gasteiger partial charge in [-0.2, -0.15) is 0 Å². The van der Waals surface area contributed by atoms with Crippen LogP contribution in [0.2, 0.25) is 0 Å². The van der Waals surface area contributed by atoms with E-state index in [9.17, 15) is 5.11 Å².